The van der Waals surface area contributed by atoms with Crippen molar-refractivity contribution in [2.75, 3.05) is 6.54 Å². The molecule has 0 saturated heterocycles. The number of hydrogen-bond donors (Lipinski definition) is 1. The SMILES string of the molecule is OC1=CN=CN(Cl)C1. The number of hydrogen-bond acceptors (Lipinski definition) is 3. The quantitative estimate of drug-likeness (QED) is 0.497. The van der Waals surface area contributed by atoms with Gasteiger partial charge >= 0.3 is 0 Å². The number of aliphatic imine (C=N–C) groups is 1. The van der Waals surface area contributed by atoms with Crippen LogP contribution in [0.3, 0.4) is 0 Å². The summed E-state index contributed by atoms with van der Waals surface area (Å²) in [7, 11) is 0. The standard InChI is InChI=1S/C4H5ClN2O/c5-7-2-4(8)1-6-3-7/h1,3,8H,2H2. The minimum atomic E-state index is 0.183. The van der Waals surface area contributed by atoms with Crippen LogP contribution in [0.5, 0.6) is 0 Å². The number of aliphatic hydroxyl groups is 1. The van der Waals surface area contributed by atoms with E-state index in [1.165, 1.54) is 17.0 Å². The van der Waals surface area contributed by atoms with E-state index in [4.69, 9.17) is 16.9 Å². The first-order valence-corrected chi connectivity index (χ1v) is 2.46. The molecule has 8 heavy (non-hydrogen) atoms. The predicted octanol–water partition coefficient (Wildman–Crippen LogP) is 0.884. The topological polar surface area (TPSA) is 35.8 Å². The number of aliphatic hydroxyl groups excluding tert-OH is 1. The van der Waals surface area contributed by atoms with Crippen molar-refractivity contribution in [3.05, 3.63) is 12.0 Å². The zero-order valence-corrected chi connectivity index (χ0v) is 4.84. The molecule has 0 fully saturated rings. The number of rotatable bonds is 0. The van der Waals surface area contributed by atoms with Crippen LogP contribution in [0.4, 0.5) is 0 Å². The summed E-state index contributed by atoms with van der Waals surface area (Å²) in [6.45, 7) is 0.338. The molecule has 0 aromatic rings. The zero-order valence-electron chi connectivity index (χ0n) is 4.08. The molecule has 1 heterocycles. The van der Waals surface area contributed by atoms with Crippen molar-refractivity contribution in [1.29, 1.82) is 0 Å². The molecular formula is C4H5ClN2O. The van der Waals surface area contributed by atoms with Gasteiger partial charge in [0.1, 0.15) is 12.1 Å². The Hall–Kier alpha value is -0.700. The van der Waals surface area contributed by atoms with Gasteiger partial charge < -0.3 is 5.11 Å². The van der Waals surface area contributed by atoms with Gasteiger partial charge in [-0.1, -0.05) is 0 Å². The van der Waals surface area contributed by atoms with Gasteiger partial charge in [0, 0.05) is 11.8 Å². The van der Waals surface area contributed by atoms with Crippen molar-refractivity contribution in [1.82, 2.24) is 4.42 Å². The third kappa shape index (κ3) is 1.13. The smallest absolute Gasteiger partial charge is 0.131 e. The molecule has 1 rings (SSSR count). The third-order valence-corrected chi connectivity index (χ3v) is 0.935. The Balaban J connectivity index is 2.59. The third-order valence-electron chi connectivity index (χ3n) is 0.729. The van der Waals surface area contributed by atoms with Crippen molar-refractivity contribution in [2.24, 2.45) is 4.99 Å². The van der Waals surface area contributed by atoms with Gasteiger partial charge in [-0.15, -0.1) is 0 Å². The van der Waals surface area contributed by atoms with Crippen LogP contribution in [0.1, 0.15) is 0 Å². The molecule has 0 aromatic heterocycles. The van der Waals surface area contributed by atoms with E-state index in [9.17, 15) is 0 Å². The molecular weight excluding hydrogens is 128 g/mol. The normalized spacial score (nSPS) is 18.6. The van der Waals surface area contributed by atoms with E-state index in [0.29, 0.717) is 6.54 Å². The minimum Gasteiger partial charge on any atom is -0.509 e. The summed E-state index contributed by atoms with van der Waals surface area (Å²) in [6.07, 6.45) is 2.79. The molecule has 0 aliphatic carbocycles. The van der Waals surface area contributed by atoms with Crippen LogP contribution >= 0.6 is 11.8 Å². The molecule has 0 bridgehead atoms. The van der Waals surface area contributed by atoms with E-state index >= 15 is 0 Å². The number of nitrogens with zero attached hydrogens (tertiary/aromatic N) is 2. The molecule has 0 saturated carbocycles. The highest BCUT2D eigenvalue weighted by Crippen LogP contribution is 2.01. The average Bonchev–Trinajstić information content (AvgIpc) is 1.64. The van der Waals surface area contributed by atoms with Gasteiger partial charge in [-0.25, -0.2) is 4.99 Å². The second-order valence-electron chi connectivity index (χ2n) is 1.44. The molecule has 1 aliphatic rings. The Morgan fingerprint density at radius 3 is 3.00 bits per heavy atom. The largest absolute Gasteiger partial charge is 0.509 e. The predicted molar refractivity (Wildman–Crippen MR) is 31.8 cm³/mol. The van der Waals surface area contributed by atoms with Crippen LogP contribution in [0, 0.1) is 0 Å². The summed E-state index contributed by atoms with van der Waals surface area (Å²) in [4.78, 5) is 3.60. The van der Waals surface area contributed by atoms with Crippen molar-refractivity contribution in [3.8, 4) is 0 Å². The van der Waals surface area contributed by atoms with Crippen LogP contribution in [0.2, 0.25) is 0 Å². The second kappa shape index (κ2) is 2.05. The highest BCUT2D eigenvalue weighted by molar-refractivity contribution is 6.19. The summed E-state index contributed by atoms with van der Waals surface area (Å²) in [5, 5.41) is 8.70. The van der Waals surface area contributed by atoms with Gasteiger partial charge in [-0.05, 0) is 0 Å². The fourth-order valence-electron chi connectivity index (χ4n) is 0.428. The van der Waals surface area contributed by atoms with E-state index < -0.39 is 0 Å². The Bertz CT molecular complexity index is 143. The van der Waals surface area contributed by atoms with Crippen LogP contribution in [-0.2, 0) is 0 Å². The average molecular weight is 133 g/mol. The monoisotopic (exact) mass is 132 g/mol. The molecule has 44 valence electrons. The first kappa shape index (κ1) is 5.44. The van der Waals surface area contributed by atoms with E-state index in [-0.39, 0.29) is 5.76 Å². The van der Waals surface area contributed by atoms with Crippen molar-refractivity contribution < 1.29 is 5.11 Å². The number of halogens is 1. The fourth-order valence-corrected chi connectivity index (χ4v) is 0.601. The van der Waals surface area contributed by atoms with Crippen LogP contribution in [-0.4, -0.2) is 22.4 Å². The summed E-state index contributed by atoms with van der Waals surface area (Å²) >= 11 is 5.39. The van der Waals surface area contributed by atoms with Crippen molar-refractivity contribution in [3.63, 3.8) is 0 Å². The fraction of sp³-hybridized carbons (Fsp3) is 0.250. The summed E-state index contributed by atoms with van der Waals surface area (Å²) in [6, 6.07) is 0. The molecule has 3 nitrogen and oxygen atoms in total. The van der Waals surface area contributed by atoms with Gasteiger partial charge in [-0.2, -0.15) is 0 Å². The lowest BCUT2D eigenvalue weighted by Crippen LogP contribution is -2.15. The Morgan fingerprint density at radius 1 is 1.88 bits per heavy atom. The molecule has 1 N–H and O–H groups in total. The molecule has 0 atom stereocenters. The maximum absolute atomic E-state index is 8.70. The zero-order chi connectivity index (χ0) is 5.98. The van der Waals surface area contributed by atoms with Gasteiger partial charge in [0.15, 0.2) is 0 Å². The van der Waals surface area contributed by atoms with Gasteiger partial charge in [0.2, 0.25) is 0 Å². The second-order valence-corrected chi connectivity index (χ2v) is 1.88. The molecule has 0 amide bonds. The molecule has 0 spiro atoms. The molecule has 4 heteroatoms. The van der Waals surface area contributed by atoms with Gasteiger partial charge in [-0.3, -0.25) is 4.42 Å². The summed E-state index contributed by atoms with van der Waals surface area (Å²) in [5.41, 5.74) is 0. The van der Waals surface area contributed by atoms with Gasteiger partial charge in [0.05, 0.1) is 12.7 Å². The summed E-state index contributed by atoms with van der Waals surface area (Å²) in [5.74, 6) is 0.183. The van der Waals surface area contributed by atoms with Crippen molar-refractivity contribution >= 4 is 18.1 Å². The maximum atomic E-state index is 8.70. The minimum absolute atomic E-state index is 0.183. The van der Waals surface area contributed by atoms with Crippen molar-refractivity contribution in [2.45, 2.75) is 0 Å². The molecule has 0 aromatic carbocycles. The van der Waals surface area contributed by atoms with Crippen LogP contribution in [0.25, 0.3) is 0 Å². The Labute approximate surface area is 52.0 Å². The van der Waals surface area contributed by atoms with Crippen LogP contribution < -0.4 is 0 Å². The maximum Gasteiger partial charge on any atom is 0.131 e. The van der Waals surface area contributed by atoms with Crippen LogP contribution in [0.15, 0.2) is 17.0 Å². The lowest BCUT2D eigenvalue weighted by atomic mass is 10.5. The van der Waals surface area contributed by atoms with E-state index in [1.807, 2.05) is 0 Å². The Kier molecular flexibility index (Phi) is 1.39. The van der Waals surface area contributed by atoms with Gasteiger partial charge in [0.25, 0.3) is 0 Å². The molecule has 1 aliphatic heterocycles. The Morgan fingerprint density at radius 2 is 2.62 bits per heavy atom. The molecule has 0 unspecified atom stereocenters. The van der Waals surface area contributed by atoms with E-state index in [0.717, 1.165) is 0 Å². The first-order valence-electron chi connectivity index (χ1n) is 2.13. The van der Waals surface area contributed by atoms with E-state index in [2.05, 4.69) is 4.99 Å². The highest BCUT2D eigenvalue weighted by atomic mass is 35.5. The molecule has 0 radical (unpaired) electrons. The summed E-state index contributed by atoms with van der Waals surface area (Å²) < 4.78 is 1.27. The lowest BCUT2D eigenvalue weighted by Gasteiger charge is -2.10. The van der Waals surface area contributed by atoms with E-state index in [1.54, 1.807) is 0 Å². The first-order chi connectivity index (χ1) is 3.79. The highest BCUT2D eigenvalue weighted by Gasteiger charge is 2.01. The lowest BCUT2D eigenvalue weighted by molar-refractivity contribution is 0.374.